The number of hydrogen-bond acceptors (Lipinski definition) is 3. The second kappa shape index (κ2) is 7.80. The Bertz CT molecular complexity index is 1040. The van der Waals surface area contributed by atoms with Crippen LogP contribution in [0.1, 0.15) is 12.0 Å². The lowest BCUT2D eigenvalue weighted by Gasteiger charge is -2.26. The van der Waals surface area contributed by atoms with E-state index in [4.69, 9.17) is 9.47 Å². The van der Waals surface area contributed by atoms with E-state index >= 15 is 0 Å². The number of aromatic nitrogens is 1. The number of para-hydroxylation sites is 3. The molecular formula is C23H24N2O3. The summed E-state index contributed by atoms with van der Waals surface area (Å²) in [5, 5.41) is 1.26. The Hall–Kier alpha value is -3.21. The highest BCUT2D eigenvalue weighted by atomic mass is 16.5. The third kappa shape index (κ3) is 3.48. The van der Waals surface area contributed by atoms with Crippen LogP contribution in [-0.4, -0.2) is 42.2 Å². The van der Waals surface area contributed by atoms with Crippen molar-refractivity contribution in [2.75, 3.05) is 26.8 Å². The Labute approximate surface area is 164 Å². The quantitative estimate of drug-likeness (QED) is 0.679. The van der Waals surface area contributed by atoms with E-state index in [0.717, 1.165) is 6.42 Å². The Morgan fingerprint density at radius 2 is 1.82 bits per heavy atom. The molecule has 0 N–H and O–H groups in total. The molecule has 0 radical (unpaired) electrons. The lowest BCUT2D eigenvalue weighted by molar-refractivity contribution is -0.132. The van der Waals surface area contributed by atoms with Crippen LogP contribution >= 0.6 is 0 Å². The zero-order valence-electron chi connectivity index (χ0n) is 16.2. The first-order chi connectivity index (χ1) is 13.7. The highest BCUT2D eigenvalue weighted by Crippen LogP contribution is 2.30. The minimum Gasteiger partial charge on any atom is -0.493 e. The van der Waals surface area contributed by atoms with Gasteiger partial charge in [-0.2, -0.15) is 0 Å². The van der Waals surface area contributed by atoms with Crippen LogP contribution in [0, 0.1) is 0 Å². The van der Waals surface area contributed by atoms with Gasteiger partial charge in [-0.3, -0.25) is 4.79 Å². The van der Waals surface area contributed by atoms with Gasteiger partial charge < -0.3 is 18.9 Å². The van der Waals surface area contributed by atoms with Gasteiger partial charge in [-0.25, -0.2) is 0 Å². The lowest BCUT2D eigenvalue weighted by Crippen LogP contribution is -2.37. The zero-order valence-corrected chi connectivity index (χ0v) is 16.2. The summed E-state index contributed by atoms with van der Waals surface area (Å²) in [6.07, 6.45) is 5.18. The van der Waals surface area contributed by atoms with Crippen molar-refractivity contribution in [3.05, 3.63) is 66.4 Å². The molecule has 2 heterocycles. The zero-order chi connectivity index (χ0) is 19.5. The maximum absolute atomic E-state index is 12.6. The molecule has 5 nitrogen and oxygen atoms in total. The molecule has 0 spiro atoms. The van der Waals surface area contributed by atoms with E-state index < -0.39 is 0 Å². The molecular weight excluding hydrogens is 352 g/mol. The Balaban J connectivity index is 1.42. The summed E-state index contributed by atoms with van der Waals surface area (Å²) < 4.78 is 13.1. The van der Waals surface area contributed by atoms with E-state index in [1.807, 2.05) is 23.1 Å². The van der Waals surface area contributed by atoms with Gasteiger partial charge in [0, 0.05) is 42.8 Å². The van der Waals surface area contributed by atoms with Crippen molar-refractivity contribution in [1.82, 2.24) is 9.47 Å². The largest absolute Gasteiger partial charge is 0.493 e. The molecule has 0 saturated heterocycles. The highest BCUT2D eigenvalue weighted by Gasteiger charge is 2.20. The normalized spacial score (nSPS) is 14.1. The molecule has 1 aromatic heterocycles. The highest BCUT2D eigenvalue weighted by molar-refractivity contribution is 5.93. The number of rotatable bonds is 5. The fourth-order valence-corrected chi connectivity index (χ4v) is 3.71. The molecule has 0 unspecified atom stereocenters. The minimum atomic E-state index is -0.0147. The third-order valence-electron chi connectivity index (χ3n) is 5.22. The van der Waals surface area contributed by atoms with Gasteiger partial charge in [0.2, 0.25) is 0 Å². The summed E-state index contributed by atoms with van der Waals surface area (Å²) in [4.78, 5) is 14.4. The van der Waals surface area contributed by atoms with Crippen molar-refractivity contribution < 1.29 is 14.3 Å². The van der Waals surface area contributed by atoms with Gasteiger partial charge in [0.1, 0.15) is 0 Å². The molecule has 0 atom stereocenters. The summed E-state index contributed by atoms with van der Waals surface area (Å²) in [5.74, 6) is 1.20. The van der Waals surface area contributed by atoms with Crippen LogP contribution in [0.2, 0.25) is 0 Å². The maximum Gasteiger partial charge on any atom is 0.260 e. The Morgan fingerprint density at radius 1 is 1.07 bits per heavy atom. The second-order valence-corrected chi connectivity index (χ2v) is 6.93. The van der Waals surface area contributed by atoms with E-state index in [9.17, 15) is 4.79 Å². The number of amides is 1. The van der Waals surface area contributed by atoms with E-state index in [0.29, 0.717) is 24.6 Å². The Morgan fingerprint density at radius 3 is 2.57 bits per heavy atom. The average molecular weight is 376 g/mol. The first kappa shape index (κ1) is 18.2. The number of benzene rings is 2. The maximum atomic E-state index is 12.6. The number of ether oxygens (including phenoxy) is 2. The second-order valence-electron chi connectivity index (χ2n) is 6.93. The van der Waals surface area contributed by atoms with Gasteiger partial charge in [0.15, 0.2) is 18.1 Å². The summed E-state index contributed by atoms with van der Waals surface area (Å²) in [6.45, 7) is 1.31. The molecule has 1 aliphatic rings. The van der Waals surface area contributed by atoms with Crippen LogP contribution in [0.15, 0.2) is 60.8 Å². The van der Waals surface area contributed by atoms with Gasteiger partial charge >= 0.3 is 0 Å². The standard InChI is InChI=1S/C23H24N2O3/c1-24-15-19(18-7-3-4-8-20(18)24)17-11-13-25(14-12-17)23(26)16-28-22-10-6-5-9-21(22)27-2/h3-11,15H,12-14,16H2,1-2H3. The van der Waals surface area contributed by atoms with Crippen molar-refractivity contribution in [3.8, 4) is 11.5 Å². The van der Waals surface area contributed by atoms with E-state index in [-0.39, 0.29) is 12.5 Å². The molecule has 0 saturated carbocycles. The average Bonchev–Trinajstić information content (AvgIpc) is 3.09. The summed E-state index contributed by atoms with van der Waals surface area (Å²) in [5.41, 5.74) is 3.78. The predicted octanol–water partition coefficient (Wildman–Crippen LogP) is 3.88. The van der Waals surface area contributed by atoms with Crippen LogP contribution in [0.5, 0.6) is 11.5 Å². The van der Waals surface area contributed by atoms with Crippen molar-refractivity contribution in [1.29, 1.82) is 0 Å². The summed E-state index contributed by atoms with van der Waals surface area (Å²) in [6, 6.07) is 15.8. The fraction of sp³-hybridized carbons (Fsp3) is 0.261. The number of methoxy groups -OCH3 is 1. The van der Waals surface area contributed by atoms with E-state index in [1.165, 1.54) is 22.0 Å². The molecule has 144 valence electrons. The first-order valence-electron chi connectivity index (χ1n) is 9.44. The van der Waals surface area contributed by atoms with Gasteiger partial charge in [0.25, 0.3) is 5.91 Å². The van der Waals surface area contributed by atoms with Crippen molar-refractivity contribution in [2.45, 2.75) is 6.42 Å². The van der Waals surface area contributed by atoms with Gasteiger partial charge in [-0.1, -0.05) is 36.4 Å². The topological polar surface area (TPSA) is 43.7 Å². The number of aryl methyl sites for hydroxylation is 1. The van der Waals surface area contributed by atoms with Gasteiger partial charge in [-0.15, -0.1) is 0 Å². The summed E-state index contributed by atoms with van der Waals surface area (Å²) in [7, 11) is 3.66. The number of fused-ring (bicyclic) bond motifs is 1. The van der Waals surface area contributed by atoms with E-state index in [2.05, 4.69) is 48.2 Å². The number of carbonyl (C=O) groups excluding carboxylic acids is 1. The minimum absolute atomic E-state index is 0.0117. The Kier molecular flexibility index (Phi) is 5.06. The van der Waals surface area contributed by atoms with Crippen LogP contribution < -0.4 is 9.47 Å². The number of hydrogen-bond donors (Lipinski definition) is 0. The smallest absolute Gasteiger partial charge is 0.260 e. The molecule has 3 aromatic rings. The SMILES string of the molecule is COc1ccccc1OCC(=O)N1CC=C(c2cn(C)c3ccccc23)CC1. The molecule has 0 fully saturated rings. The van der Waals surface area contributed by atoms with Gasteiger partial charge in [0.05, 0.1) is 7.11 Å². The molecule has 2 aromatic carbocycles. The van der Waals surface area contributed by atoms with Crippen molar-refractivity contribution in [2.24, 2.45) is 7.05 Å². The van der Waals surface area contributed by atoms with E-state index in [1.54, 1.807) is 13.2 Å². The van der Waals surface area contributed by atoms with Crippen LogP contribution in [-0.2, 0) is 11.8 Å². The van der Waals surface area contributed by atoms with Crippen LogP contribution in [0.4, 0.5) is 0 Å². The third-order valence-corrected chi connectivity index (χ3v) is 5.22. The monoisotopic (exact) mass is 376 g/mol. The number of nitrogens with zero attached hydrogens (tertiary/aromatic N) is 2. The van der Waals surface area contributed by atoms with Crippen LogP contribution in [0.3, 0.4) is 0 Å². The fourth-order valence-electron chi connectivity index (χ4n) is 3.71. The molecule has 1 amide bonds. The predicted molar refractivity (Wildman–Crippen MR) is 111 cm³/mol. The summed E-state index contributed by atoms with van der Waals surface area (Å²) >= 11 is 0. The number of carbonyl (C=O) groups is 1. The van der Waals surface area contributed by atoms with Crippen LogP contribution in [0.25, 0.3) is 16.5 Å². The molecule has 0 aliphatic carbocycles. The molecule has 4 rings (SSSR count). The lowest BCUT2D eigenvalue weighted by atomic mass is 9.99. The molecule has 1 aliphatic heterocycles. The molecule has 5 heteroatoms. The first-order valence-corrected chi connectivity index (χ1v) is 9.44. The van der Waals surface area contributed by atoms with Crippen molar-refractivity contribution in [3.63, 3.8) is 0 Å². The van der Waals surface area contributed by atoms with Crippen molar-refractivity contribution >= 4 is 22.4 Å². The molecule has 0 bridgehead atoms. The van der Waals surface area contributed by atoms with Gasteiger partial charge in [-0.05, 0) is 30.2 Å². The molecule has 28 heavy (non-hydrogen) atoms.